The van der Waals surface area contributed by atoms with Crippen LogP contribution in [0.3, 0.4) is 0 Å². The van der Waals surface area contributed by atoms with E-state index in [0.717, 1.165) is 0 Å². The molecule has 0 aliphatic carbocycles. The first-order valence-corrected chi connectivity index (χ1v) is 2.80. The first-order valence-electron chi connectivity index (χ1n) is 2.49. The number of nitrogens with zero attached hydrogens (tertiary/aromatic N) is 1. The Bertz CT molecular complexity index is 245. The highest BCUT2D eigenvalue weighted by atomic mass is 35.5. The monoisotopic (exact) mass is 161 g/mol. The highest BCUT2D eigenvalue weighted by Crippen LogP contribution is 2.06. The molecule has 0 fully saturated rings. The Morgan fingerprint density at radius 3 is 3.00 bits per heavy atom. The van der Waals surface area contributed by atoms with E-state index in [1.807, 2.05) is 0 Å². The Labute approximate surface area is 61.9 Å². The Balaban J connectivity index is 2.93. The van der Waals surface area contributed by atoms with Crippen molar-refractivity contribution < 1.29 is 13.6 Å². The predicted octanol–water partition coefficient (Wildman–Crippen LogP) is 1.29. The summed E-state index contributed by atoms with van der Waals surface area (Å²) in [5.74, 6) is -0.701. The normalized spacial score (nSPS) is 9.40. The van der Waals surface area contributed by atoms with Crippen LogP contribution < -0.4 is 0 Å². The molecule has 10 heavy (non-hydrogen) atoms. The zero-order chi connectivity index (χ0) is 7.56. The van der Waals surface area contributed by atoms with Gasteiger partial charge in [0.1, 0.15) is 18.1 Å². The van der Waals surface area contributed by atoms with E-state index in [1.54, 1.807) is 6.92 Å². The maximum Gasteiger partial charge on any atom is 0.378 e. The number of aromatic nitrogens is 1. The Morgan fingerprint density at radius 2 is 2.60 bits per heavy atom. The zero-order valence-electron chi connectivity index (χ0n) is 5.13. The van der Waals surface area contributed by atoms with Gasteiger partial charge >= 0.3 is 5.97 Å². The lowest BCUT2D eigenvalue weighted by Crippen LogP contribution is -1.99. The second-order valence-corrected chi connectivity index (χ2v) is 1.87. The number of halogens is 1. The van der Waals surface area contributed by atoms with E-state index in [2.05, 4.69) is 14.0 Å². The summed E-state index contributed by atoms with van der Waals surface area (Å²) < 4.78 is 8.34. The van der Waals surface area contributed by atoms with Crippen molar-refractivity contribution in [1.29, 1.82) is 0 Å². The standard InChI is InChI=1S/C5H4ClNO3/c1-3-2-9-7-4(3)5(8)10-6/h2H,1H3. The topological polar surface area (TPSA) is 52.3 Å². The first kappa shape index (κ1) is 7.08. The minimum Gasteiger partial charge on any atom is -0.364 e. The molecule has 0 saturated heterocycles. The van der Waals surface area contributed by atoms with Crippen molar-refractivity contribution in [3.05, 3.63) is 17.5 Å². The van der Waals surface area contributed by atoms with Crippen molar-refractivity contribution in [2.75, 3.05) is 0 Å². The quantitative estimate of drug-likeness (QED) is 0.623. The molecule has 0 aliphatic heterocycles. The second kappa shape index (κ2) is 2.70. The number of hydrogen-bond donors (Lipinski definition) is 0. The lowest BCUT2D eigenvalue weighted by atomic mass is 10.3. The number of hydrogen-bond acceptors (Lipinski definition) is 4. The van der Waals surface area contributed by atoms with E-state index < -0.39 is 5.97 Å². The Hall–Kier alpha value is -1.03. The highest BCUT2D eigenvalue weighted by molar-refractivity contribution is 6.15. The van der Waals surface area contributed by atoms with Crippen LogP contribution in [-0.4, -0.2) is 11.1 Å². The van der Waals surface area contributed by atoms with Gasteiger partial charge in [0.25, 0.3) is 0 Å². The molecule has 0 N–H and O–H groups in total. The first-order chi connectivity index (χ1) is 4.75. The number of rotatable bonds is 1. The van der Waals surface area contributed by atoms with Crippen LogP contribution >= 0.6 is 11.9 Å². The van der Waals surface area contributed by atoms with Crippen LogP contribution in [0.15, 0.2) is 10.8 Å². The fourth-order valence-corrected chi connectivity index (χ4v) is 0.594. The summed E-state index contributed by atoms with van der Waals surface area (Å²) in [6, 6.07) is 0. The minimum atomic E-state index is -0.701. The molecule has 1 aromatic heterocycles. The molecular formula is C5H4ClNO3. The summed E-state index contributed by atoms with van der Waals surface area (Å²) >= 11 is 4.78. The average Bonchev–Trinajstić information content (AvgIpc) is 2.34. The van der Waals surface area contributed by atoms with Gasteiger partial charge in [0, 0.05) is 5.56 Å². The molecule has 54 valence electrons. The largest absolute Gasteiger partial charge is 0.378 e. The third-order valence-corrected chi connectivity index (χ3v) is 1.15. The molecule has 5 heteroatoms. The van der Waals surface area contributed by atoms with E-state index in [-0.39, 0.29) is 5.69 Å². The van der Waals surface area contributed by atoms with Gasteiger partial charge in [-0.2, -0.15) is 0 Å². The van der Waals surface area contributed by atoms with Crippen LogP contribution in [0.1, 0.15) is 16.1 Å². The highest BCUT2D eigenvalue weighted by Gasteiger charge is 2.13. The van der Waals surface area contributed by atoms with E-state index in [4.69, 9.17) is 11.9 Å². The van der Waals surface area contributed by atoms with Crippen LogP contribution in [0, 0.1) is 6.92 Å². The molecule has 0 atom stereocenters. The van der Waals surface area contributed by atoms with Crippen LogP contribution in [0.5, 0.6) is 0 Å². The molecular weight excluding hydrogens is 158 g/mol. The summed E-state index contributed by atoms with van der Waals surface area (Å²) in [5, 5.41) is 3.35. The average molecular weight is 162 g/mol. The van der Waals surface area contributed by atoms with E-state index in [1.165, 1.54) is 6.26 Å². The summed E-state index contributed by atoms with van der Waals surface area (Å²) in [4.78, 5) is 10.6. The van der Waals surface area contributed by atoms with Crippen molar-refractivity contribution >= 4 is 17.8 Å². The minimum absolute atomic E-state index is 0.106. The third kappa shape index (κ3) is 1.11. The summed E-state index contributed by atoms with van der Waals surface area (Å²) in [6.45, 7) is 1.67. The summed E-state index contributed by atoms with van der Waals surface area (Å²) in [5.41, 5.74) is 0.709. The Morgan fingerprint density at radius 1 is 1.90 bits per heavy atom. The van der Waals surface area contributed by atoms with Crippen molar-refractivity contribution in [2.24, 2.45) is 0 Å². The van der Waals surface area contributed by atoms with Gasteiger partial charge in [0.2, 0.25) is 0 Å². The molecule has 1 aromatic rings. The van der Waals surface area contributed by atoms with Crippen molar-refractivity contribution in [1.82, 2.24) is 5.16 Å². The second-order valence-electron chi connectivity index (χ2n) is 1.71. The van der Waals surface area contributed by atoms with Crippen LogP contribution in [0.4, 0.5) is 0 Å². The molecule has 0 amide bonds. The van der Waals surface area contributed by atoms with Gasteiger partial charge in [-0.3, -0.25) is 0 Å². The van der Waals surface area contributed by atoms with Gasteiger partial charge < -0.3 is 8.81 Å². The van der Waals surface area contributed by atoms with Gasteiger partial charge in [0.05, 0.1) is 0 Å². The summed E-state index contributed by atoms with van der Waals surface area (Å²) in [6.07, 6.45) is 1.34. The van der Waals surface area contributed by atoms with Gasteiger partial charge in [-0.15, -0.1) is 0 Å². The molecule has 0 bridgehead atoms. The van der Waals surface area contributed by atoms with Crippen molar-refractivity contribution in [3.63, 3.8) is 0 Å². The number of carbonyl (C=O) groups excluding carboxylic acids is 1. The van der Waals surface area contributed by atoms with E-state index in [9.17, 15) is 4.79 Å². The molecule has 0 unspecified atom stereocenters. The SMILES string of the molecule is Cc1conc1C(=O)OCl. The smallest absolute Gasteiger partial charge is 0.364 e. The molecule has 0 aliphatic rings. The molecule has 0 saturated carbocycles. The fourth-order valence-electron chi connectivity index (χ4n) is 0.521. The Kier molecular flexibility index (Phi) is 1.91. The lowest BCUT2D eigenvalue weighted by Gasteiger charge is -1.87. The van der Waals surface area contributed by atoms with Crippen molar-refractivity contribution in [3.8, 4) is 0 Å². The van der Waals surface area contributed by atoms with E-state index in [0.29, 0.717) is 5.56 Å². The molecule has 0 spiro atoms. The number of aryl methyl sites for hydroxylation is 1. The molecule has 0 radical (unpaired) electrons. The lowest BCUT2D eigenvalue weighted by molar-refractivity contribution is 0.0740. The van der Waals surface area contributed by atoms with Gasteiger partial charge in [-0.05, 0) is 6.92 Å². The van der Waals surface area contributed by atoms with Crippen LogP contribution in [0.25, 0.3) is 0 Å². The van der Waals surface area contributed by atoms with Crippen LogP contribution in [0.2, 0.25) is 0 Å². The fraction of sp³-hybridized carbons (Fsp3) is 0.200. The third-order valence-electron chi connectivity index (χ3n) is 1.01. The zero-order valence-corrected chi connectivity index (χ0v) is 5.88. The molecule has 4 nitrogen and oxygen atoms in total. The summed E-state index contributed by atoms with van der Waals surface area (Å²) in [7, 11) is 0. The molecule has 1 rings (SSSR count). The van der Waals surface area contributed by atoms with E-state index >= 15 is 0 Å². The predicted molar refractivity (Wildman–Crippen MR) is 32.5 cm³/mol. The van der Waals surface area contributed by atoms with Gasteiger partial charge in [0.15, 0.2) is 5.69 Å². The van der Waals surface area contributed by atoms with Gasteiger partial charge in [-0.25, -0.2) is 4.79 Å². The maximum absolute atomic E-state index is 10.6. The van der Waals surface area contributed by atoms with Crippen molar-refractivity contribution in [2.45, 2.75) is 6.92 Å². The molecule has 0 aromatic carbocycles. The van der Waals surface area contributed by atoms with Gasteiger partial charge in [-0.1, -0.05) is 5.16 Å². The number of carbonyl (C=O) groups is 1. The van der Waals surface area contributed by atoms with Crippen LogP contribution in [-0.2, 0) is 4.29 Å². The molecule has 1 heterocycles. The maximum atomic E-state index is 10.6.